The molecule has 116 valence electrons. The molecule has 0 bridgehead atoms. The van der Waals surface area contributed by atoms with Crippen molar-refractivity contribution in [3.63, 3.8) is 0 Å². The van der Waals surface area contributed by atoms with Crippen molar-refractivity contribution in [1.29, 1.82) is 0 Å². The van der Waals surface area contributed by atoms with E-state index in [0.717, 1.165) is 24.3 Å². The molecule has 0 saturated carbocycles. The molecule has 22 heavy (non-hydrogen) atoms. The van der Waals surface area contributed by atoms with Gasteiger partial charge in [-0.25, -0.2) is 9.78 Å². The van der Waals surface area contributed by atoms with Crippen molar-refractivity contribution in [2.24, 2.45) is 0 Å². The van der Waals surface area contributed by atoms with Gasteiger partial charge in [0, 0.05) is 0 Å². The van der Waals surface area contributed by atoms with E-state index in [9.17, 15) is 22.4 Å². The largest absolute Gasteiger partial charge is 0.478 e. The number of hydrogen-bond donors (Lipinski definition) is 1. The first-order valence-corrected chi connectivity index (χ1v) is 6.00. The molecule has 0 aliphatic heterocycles. The number of halogens is 5. The fraction of sp³-hybridized carbons (Fsp3) is 0.0769. The van der Waals surface area contributed by atoms with Gasteiger partial charge in [-0.1, -0.05) is 17.7 Å². The summed E-state index contributed by atoms with van der Waals surface area (Å²) in [4.78, 5) is 14.2. The van der Waals surface area contributed by atoms with Crippen molar-refractivity contribution < 1.29 is 32.2 Å². The molecule has 0 unspecified atom stereocenters. The minimum Gasteiger partial charge on any atom is -0.478 e. The number of ether oxygens (including phenoxy) is 1. The fourth-order valence-electron chi connectivity index (χ4n) is 1.58. The Morgan fingerprint density at radius 1 is 1.27 bits per heavy atom. The fourth-order valence-corrected chi connectivity index (χ4v) is 1.77. The molecule has 2 rings (SSSR count). The highest BCUT2D eigenvalue weighted by molar-refractivity contribution is 6.29. The average Bonchev–Trinajstić information content (AvgIpc) is 2.40. The summed E-state index contributed by atoms with van der Waals surface area (Å²) in [7, 11) is 0. The standard InChI is InChI=1S/C13H6ClF4NO3/c14-9-5-8(12(20)21)10(11(15)19-9)22-7-3-1-2-6(4-7)13(16,17)18/h1-5H,(H,20,21). The molecular formula is C13H6ClF4NO3. The maximum atomic E-state index is 13.7. The minimum absolute atomic E-state index is 0.389. The molecule has 9 heteroatoms. The predicted octanol–water partition coefficient (Wildman–Crippen LogP) is 4.38. The molecule has 1 N–H and O–H groups in total. The van der Waals surface area contributed by atoms with Gasteiger partial charge < -0.3 is 9.84 Å². The number of hydrogen-bond acceptors (Lipinski definition) is 3. The van der Waals surface area contributed by atoms with Gasteiger partial charge in [0.05, 0.1) is 5.56 Å². The van der Waals surface area contributed by atoms with Crippen LogP contribution < -0.4 is 4.74 Å². The molecule has 0 atom stereocenters. The Morgan fingerprint density at radius 3 is 2.55 bits per heavy atom. The van der Waals surface area contributed by atoms with Crippen LogP contribution in [-0.4, -0.2) is 16.1 Å². The third-order valence-corrected chi connectivity index (χ3v) is 2.71. The predicted molar refractivity (Wildman–Crippen MR) is 67.7 cm³/mol. The lowest BCUT2D eigenvalue weighted by Crippen LogP contribution is -2.06. The Bertz CT molecular complexity index is 734. The third kappa shape index (κ3) is 3.45. The molecule has 0 saturated heterocycles. The summed E-state index contributed by atoms with van der Waals surface area (Å²) in [6.07, 6.45) is -4.62. The lowest BCUT2D eigenvalue weighted by atomic mass is 10.2. The molecule has 0 radical (unpaired) electrons. The zero-order valence-corrected chi connectivity index (χ0v) is 11.2. The van der Waals surface area contributed by atoms with Gasteiger partial charge in [-0.2, -0.15) is 17.6 Å². The first-order chi connectivity index (χ1) is 10.2. The van der Waals surface area contributed by atoms with Crippen LogP contribution in [0.3, 0.4) is 0 Å². The maximum absolute atomic E-state index is 13.7. The van der Waals surface area contributed by atoms with E-state index < -0.39 is 40.1 Å². The molecule has 0 fully saturated rings. The Hall–Kier alpha value is -2.35. The highest BCUT2D eigenvalue weighted by Crippen LogP contribution is 2.34. The van der Waals surface area contributed by atoms with Gasteiger partial charge in [-0.05, 0) is 24.3 Å². The zero-order chi connectivity index (χ0) is 16.5. The van der Waals surface area contributed by atoms with Crippen LogP contribution in [0.4, 0.5) is 17.6 Å². The Labute approximate surface area is 125 Å². The monoisotopic (exact) mass is 335 g/mol. The summed E-state index contributed by atoms with van der Waals surface area (Å²) in [6.45, 7) is 0. The van der Waals surface area contributed by atoms with Crippen LogP contribution in [-0.2, 0) is 6.18 Å². The van der Waals surface area contributed by atoms with Crippen molar-refractivity contribution >= 4 is 17.6 Å². The third-order valence-electron chi connectivity index (χ3n) is 2.51. The number of pyridine rings is 1. The molecule has 4 nitrogen and oxygen atoms in total. The second-order valence-electron chi connectivity index (χ2n) is 4.05. The first kappa shape index (κ1) is 16.0. The topological polar surface area (TPSA) is 59.4 Å². The Kier molecular flexibility index (Phi) is 4.23. The number of rotatable bonds is 3. The van der Waals surface area contributed by atoms with E-state index in [1.54, 1.807) is 0 Å². The van der Waals surface area contributed by atoms with Gasteiger partial charge in [0.1, 0.15) is 16.5 Å². The normalized spacial score (nSPS) is 11.3. The van der Waals surface area contributed by atoms with E-state index in [0.29, 0.717) is 6.07 Å². The second-order valence-corrected chi connectivity index (χ2v) is 4.43. The van der Waals surface area contributed by atoms with Crippen LogP contribution in [0.1, 0.15) is 15.9 Å². The lowest BCUT2D eigenvalue weighted by molar-refractivity contribution is -0.137. The van der Waals surface area contributed by atoms with Crippen molar-refractivity contribution in [2.45, 2.75) is 6.18 Å². The van der Waals surface area contributed by atoms with E-state index in [2.05, 4.69) is 4.98 Å². The summed E-state index contributed by atoms with van der Waals surface area (Å²) in [5, 5.41) is 8.54. The molecule has 0 aliphatic rings. The van der Waals surface area contributed by atoms with Gasteiger partial charge in [0.2, 0.25) is 0 Å². The maximum Gasteiger partial charge on any atom is 0.416 e. The summed E-state index contributed by atoms with van der Waals surface area (Å²) >= 11 is 5.44. The van der Waals surface area contributed by atoms with Gasteiger partial charge in [-0.15, -0.1) is 0 Å². The van der Waals surface area contributed by atoms with E-state index >= 15 is 0 Å². The van der Waals surface area contributed by atoms with E-state index in [1.807, 2.05) is 0 Å². The number of alkyl halides is 3. The second kappa shape index (κ2) is 5.80. The number of aromatic nitrogens is 1. The number of carboxylic acids is 1. The molecule has 0 aliphatic carbocycles. The smallest absolute Gasteiger partial charge is 0.416 e. The molecular weight excluding hydrogens is 330 g/mol. The van der Waals surface area contributed by atoms with Crippen LogP contribution in [0.15, 0.2) is 30.3 Å². The average molecular weight is 336 g/mol. The van der Waals surface area contributed by atoms with Gasteiger partial charge in [-0.3, -0.25) is 0 Å². The molecule has 1 aromatic heterocycles. The van der Waals surface area contributed by atoms with Gasteiger partial charge in [0.15, 0.2) is 5.75 Å². The van der Waals surface area contributed by atoms with Crippen LogP contribution >= 0.6 is 11.6 Å². The number of carboxylic acid groups (broad SMARTS) is 1. The highest BCUT2D eigenvalue weighted by Gasteiger charge is 2.31. The SMILES string of the molecule is O=C(O)c1cc(Cl)nc(F)c1Oc1cccc(C(F)(F)F)c1. The molecule has 1 heterocycles. The van der Waals surface area contributed by atoms with Gasteiger partial charge in [0.25, 0.3) is 5.95 Å². The summed E-state index contributed by atoms with van der Waals surface area (Å²) in [5.74, 6) is -4.12. The van der Waals surface area contributed by atoms with Crippen LogP contribution in [0, 0.1) is 5.95 Å². The quantitative estimate of drug-likeness (QED) is 0.668. The van der Waals surface area contributed by atoms with E-state index in [4.69, 9.17) is 21.4 Å². The van der Waals surface area contributed by atoms with E-state index in [-0.39, 0.29) is 5.75 Å². The molecule has 2 aromatic rings. The number of aromatic carboxylic acids is 1. The number of nitrogens with zero attached hydrogens (tertiary/aromatic N) is 1. The summed E-state index contributed by atoms with van der Waals surface area (Å²) in [5.41, 5.74) is -1.68. The lowest BCUT2D eigenvalue weighted by Gasteiger charge is -2.12. The number of benzene rings is 1. The molecule has 0 spiro atoms. The molecule has 0 amide bonds. The van der Waals surface area contributed by atoms with Crippen molar-refractivity contribution in [3.05, 3.63) is 52.6 Å². The Morgan fingerprint density at radius 2 is 1.95 bits per heavy atom. The van der Waals surface area contributed by atoms with Crippen LogP contribution in [0.25, 0.3) is 0 Å². The van der Waals surface area contributed by atoms with Crippen LogP contribution in [0.2, 0.25) is 5.15 Å². The first-order valence-electron chi connectivity index (χ1n) is 5.63. The summed E-state index contributed by atoms with van der Waals surface area (Å²) < 4.78 is 56.4. The zero-order valence-electron chi connectivity index (χ0n) is 10.5. The van der Waals surface area contributed by atoms with Crippen molar-refractivity contribution in [2.75, 3.05) is 0 Å². The Balaban J connectivity index is 2.46. The molecule has 1 aromatic carbocycles. The summed E-state index contributed by atoms with van der Waals surface area (Å²) in [6, 6.07) is 4.39. The van der Waals surface area contributed by atoms with Crippen LogP contribution in [0.5, 0.6) is 11.5 Å². The van der Waals surface area contributed by atoms with E-state index in [1.165, 1.54) is 0 Å². The van der Waals surface area contributed by atoms with Crippen molar-refractivity contribution in [1.82, 2.24) is 4.98 Å². The van der Waals surface area contributed by atoms with Crippen molar-refractivity contribution in [3.8, 4) is 11.5 Å². The number of carbonyl (C=O) groups is 1. The minimum atomic E-state index is -4.62. The van der Waals surface area contributed by atoms with Gasteiger partial charge >= 0.3 is 12.1 Å². The highest BCUT2D eigenvalue weighted by atomic mass is 35.5.